The number of carbonyl (C=O) groups is 1. The molecule has 0 spiro atoms. The third-order valence-corrected chi connectivity index (χ3v) is 2.31. The topological polar surface area (TPSA) is 35.5 Å². The standard InChI is InChI=1S/C12H16NO3.BrH/c1-13(2,3)7-10(14)9-4-5-11-12(6-9)16-8-15-11;/h4-6H,7-8H2,1-3H3;1H/q+1;/p-1. The van der Waals surface area contributed by atoms with Crippen LogP contribution in [0.5, 0.6) is 11.5 Å². The van der Waals surface area contributed by atoms with Gasteiger partial charge in [-0.15, -0.1) is 0 Å². The largest absolute Gasteiger partial charge is 1.00 e. The van der Waals surface area contributed by atoms with E-state index in [4.69, 9.17) is 9.47 Å². The van der Waals surface area contributed by atoms with Gasteiger partial charge < -0.3 is 30.9 Å². The fourth-order valence-electron chi connectivity index (χ4n) is 1.59. The maximum Gasteiger partial charge on any atom is 0.231 e. The highest BCUT2D eigenvalue weighted by Crippen LogP contribution is 2.32. The van der Waals surface area contributed by atoms with Crippen molar-refractivity contribution < 1.29 is 35.7 Å². The van der Waals surface area contributed by atoms with Crippen molar-refractivity contribution in [3.63, 3.8) is 0 Å². The molecule has 17 heavy (non-hydrogen) atoms. The molecule has 1 aliphatic heterocycles. The van der Waals surface area contributed by atoms with Crippen molar-refractivity contribution in [3.8, 4) is 11.5 Å². The highest BCUT2D eigenvalue weighted by molar-refractivity contribution is 5.97. The summed E-state index contributed by atoms with van der Waals surface area (Å²) in [5, 5.41) is 0. The molecule has 1 aromatic carbocycles. The number of likely N-dealkylation sites (N-methyl/N-ethyl adjacent to an activating group) is 1. The number of quaternary nitrogens is 1. The quantitative estimate of drug-likeness (QED) is 0.494. The number of Topliss-reactive ketones (excluding diaryl/α,β-unsaturated/α-hetero) is 1. The minimum atomic E-state index is 0. The van der Waals surface area contributed by atoms with Crippen LogP contribution in [0, 0.1) is 0 Å². The Morgan fingerprint density at radius 3 is 2.53 bits per heavy atom. The van der Waals surface area contributed by atoms with Crippen LogP contribution in [0.4, 0.5) is 0 Å². The second-order valence-corrected chi connectivity index (χ2v) is 4.94. The van der Waals surface area contributed by atoms with E-state index in [-0.39, 0.29) is 29.6 Å². The average Bonchev–Trinajstić information content (AvgIpc) is 2.61. The molecule has 0 aromatic heterocycles. The summed E-state index contributed by atoms with van der Waals surface area (Å²) in [4.78, 5) is 11.9. The molecule has 0 aliphatic carbocycles. The zero-order chi connectivity index (χ0) is 11.8. The first-order valence-electron chi connectivity index (χ1n) is 5.19. The molecule has 0 fully saturated rings. The highest BCUT2D eigenvalue weighted by Gasteiger charge is 2.20. The summed E-state index contributed by atoms with van der Waals surface area (Å²) in [6.45, 7) is 0.710. The molecule has 1 aromatic rings. The number of halogens is 1. The normalized spacial score (nSPS) is 13.1. The average molecular weight is 302 g/mol. The van der Waals surface area contributed by atoms with Gasteiger partial charge in [-0.25, -0.2) is 0 Å². The van der Waals surface area contributed by atoms with Gasteiger partial charge in [-0.1, -0.05) is 0 Å². The van der Waals surface area contributed by atoms with E-state index in [0.29, 0.717) is 28.1 Å². The Morgan fingerprint density at radius 1 is 1.24 bits per heavy atom. The smallest absolute Gasteiger partial charge is 0.231 e. The van der Waals surface area contributed by atoms with Crippen molar-refractivity contribution in [2.75, 3.05) is 34.5 Å². The molecule has 94 valence electrons. The van der Waals surface area contributed by atoms with E-state index in [1.54, 1.807) is 18.2 Å². The van der Waals surface area contributed by atoms with Crippen LogP contribution in [0.1, 0.15) is 10.4 Å². The first-order valence-corrected chi connectivity index (χ1v) is 5.19. The number of benzene rings is 1. The fraction of sp³-hybridized carbons (Fsp3) is 0.417. The van der Waals surface area contributed by atoms with Gasteiger partial charge in [0.1, 0.15) is 6.54 Å². The van der Waals surface area contributed by atoms with Crippen LogP contribution in [0.15, 0.2) is 18.2 Å². The molecule has 0 atom stereocenters. The van der Waals surface area contributed by atoms with Gasteiger partial charge in [-0.2, -0.15) is 0 Å². The van der Waals surface area contributed by atoms with Crippen molar-refractivity contribution in [3.05, 3.63) is 23.8 Å². The molecule has 0 amide bonds. The first kappa shape index (κ1) is 14.0. The van der Waals surface area contributed by atoms with Gasteiger partial charge in [0, 0.05) is 5.56 Å². The van der Waals surface area contributed by atoms with Gasteiger partial charge >= 0.3 is 0 Å². The Hall–Kier alpha value is -1.07. The van der Waals surface area contributed by atoms with Gasteiger partial charge in [-0.05, 0) is 18.2 Å². The number of carbonyl (C=O) groups excluding carboxylic acids is 1. The van der Waals surface area contributed by atoms with Crippen molar-refractivity contribution in [2.45, 2.75) is 0 Å². The maximum atomic E-state index is 11.9. The number of fused-ring (bicyclic) bond motifs is 1. The summed E-state index contributed by atoms with van der Waals surface area (Å²) >= 11 is 0. The highest BCUT2D eigenvalue weighted by atomic mass is 79.9. The number of ether oxygens (including phenoxy) is 2. The molecule has 1 heterocycles. The predicted molar refractivity (Wildman–Crippen MR) is 59.8 cm³/mol. The second-order valence-electron chi connectivity index (χ2n) is 4.94. The molecule has 0 saturated heterocycles. The van der Waals surface area contributed by atoms with Gasteiger partial charge in [0.2, 0.25) is 12.6 Å². The lowest BCUT2D eigenvalue weighted by molar-refractivity contribution is -0.861. The Bertz CT molecular complexity index is 426. The molecule has 2 rings (SSSR count). The minimum Gasteiger partial charge on any atom is -1.00 e. The van der Waals surface area contributed by atoms with Crippen LogP contribution in [-0.2, 0) is 0 Å². The molecular weight excluding hydrogens is 286 g/mol. The molecule has 1 aliphatic rings. The Kier molecular flexibility index (Phi) is 4.16. The molecule has 0 bridgehead atoms. The third-order valence-electron chi connectivity index (χ3n) is 2.31. The van der Waals surface area contributed by atoms with Gasteiger partial charge in [-0.3, -0.25) is 4.79 Å². The number of hydrogen-bond donors (Lipinski definition) is 0. The summed E-state index contributed by atoms with van der Waals surface area (Å²) < 4.78 is 11.1. The van der Waals surface area contributed by atoms with Gasteiger partial charge in [0.05, 0.1) is 21.1 Å². The van der Waals surface area contributed by atoms with Crippen molar-refractivity contribution in [2.24, 2.45) is 0 Å². The fourth-order valence-corrected chi connectivity index (χ4v) is 1.59. The van der Waals surface area contributed by atoms with Crippen molar-refractivity contribution in [1.82, 2.24) is 0 Å². The molecule has 0 radical (unpaired) electrons. The third kappa shape index (κ3) is 3.44. The van der Waals surface area contributed by atoms with E-state index in [2.05, 4.69) is 0 Å². The maximum absolute atomic E-state index is 11.9. The molecule has 0 N–H and O–H groups in total. The lowest BCUT2D eigenvalue weighted by atomic mass is 10.1. The summed E-state index contributed by atoms with van der Waals surface area (Å²) in [5.74, 6) is 1.49. The lowest BCUT2D eigenvalue weighted by Crippen LogP contribution is -3.00. The monoisotopic (exact) mass is 301 g/mol. The predicted octanol–water partition coefficient (Wildman–Crippen LogP) is -1.69. The number of hydrogen-bond acceptors (Lipinski definition) is 3. The Balaban J connectivity index is 0.00000144. The minimum absolute atomic E-state index is 0. The Morgan fingerprint density at radius 2 is 1.88 bits per heavy atom. The van der Waals surface area contributed by atoms with E-state index >= 15 is 0 Å². The number of rotatable bonds is 3. The SMILES string of the molecule is C[N+](C)(C)CC(=O)c1ccc2c(c1)OCO2.[Br-]. The zero-order valence-electron chi connectivity index (χ0n) is 10.2. The summed E-state index contributed by atoms with van der Waals surface area (Å²) in [6.07, 6.45) is 0. The van der Waals surface area contributed by atoms with E-state index < -0.39 is 0 Å². The van der Waals surface area contributed by atoms with Gasteiger partial charge in [0.25, 0.3) is 0 Å². The Labute approximate surface area is 111 Å². The number of nitrogens with zero attached hydrogens (tertiary/aromatic N) is 1. The van der Waals surface area contributed by atoms with E-state index in [1.165, 1.54) is 0 Å². The van der Waals surface area contributed by atoms with Crippen LogP contribution in [0.25, 0.3) is 0 Å². The van der Waals surface area contributed by atoms with E-state index in [0.717, 1.165) is 0 Å². The zero-order valence-corrected chi connectivity index (χ0v) is 11.8. The van der Waals surface area contributed by atoms with Crippen molar-refractivity contribution >= 4 is 5.78 Å². The van der Waals surface area contributed by atoms with Crippen LogP contribution in [0.3, 0.4) is 0 Å². The summed E-state index contributed by atoms with van der Waals surface area (Å²) in [7, 11) is 5.97. The van der Waals surface area contributed by atoms with Gasteiger partial charge in [0.15, 0.2) is 11.5 Å². The van der Waals surface area contributed by atoms with Crippen LogP contribution in [0.2, 0.25) is 0 Å². The van der Waals surface area contributed by atoms with Crippen molar-refractivity contribution in [1.29, 1.82) is 0 Å². The van der Waals surface area contributed by atoms with Crippen LogP contribution in [-0.4, -0.2) is 44.7 Å². The first-order chi connectivity index (χ1) is 7.46. The molecule has 4 nitrogen and oxygen atoms in total. The van der Waals surface area contributed by atoms with E-state index in [9.17, 15) is 4.79 Å². The van der Waals surface area contributed by atoms with E-state index in [1.807, 2.05) is 21.1 Å². The molecule has 0 unspecified atom stereocenters. The van der Waals surface area contributed by atoms with Crippen LogP contribution < -0.4 is 26.5 Å². The molecular formula is C12H16BrNO3. The summed E-state index contributed by atoms with van der Waals surface area (Å²) in [6, 6.07) is 5.32. The summed E-state index contributed by atoms with van der Waals surface area (Å²) in [5.41, 5.74) is 0.678. The second kappa shape index (κ2) is 5.06. The number of ketones is 1. The van der Waals surface area contributed by atoms with Crippen LogP contribution >= 0.6 is 0 Å². The molecule has 0 saturated carbocycles. The lowest BCUT2D eigenvalue weighted by Gasteiger charge is -2.22. The molecule has 5 heteroatoms.